The van der Waals surface area contributed by atoms with Gasteiger partial charge in [0.05, 0.1) is 6.10 Å². The number of ether oxygens (including phenoxy) is 1. The van der Waals surface area contributed by atoms with Crippen molar-refractivity contribution >= 4 is 23.4 Å². The van der Waals surface area contributed by atoms with Crippen molar-refractivity contribution in [1.29, 1.82) is 0 Å². The normalized spacial score (nSPS) is 26.3. The van der Waals surface area contributed by atoms with E-state index >= 15 is 0 Å². The lowest BCUT2D eigenvalue weighted by atomic mass is 9.54. The van der Waals surface area contributed by atoms with Crippen LogP contribution in [0.5, 0.6) is 0 Å². The van der Waals surface area contributed by atoms with Crippen molar-refractivity contribution in [3.63, 3.8) is 0 Å². The molecule has 0 radical (unpaired) electrons. The predicted molar refractivity (Wildman–Crippen MR) is 93.0 cm³/mol. The van der Waals surface area contributed by atoms with Crippen LogP contribution in [-0.4, -0.2) is 30.4 Å². The standard InChI is InChI=1S/C17H26N2O2S/c1-5-21-14-10-17(18,16(14,2)3)15(20)19-13-8-6-12(7-9-13)11-22-4/h6-9,14H,5,10-11,18H2,1-4H3,(H,19,20). The first-order chi connectivity index (χ1) is 10.3. The Morgan fingerprint density at radius 1 is 1.41 bits per heavy atom. The maximum atomic E-state index is 12.6. The number of carbonyl (C=O) groups excluding carboxylic acids is 1. The van der Waals surface area contributed by atoms with Crippen molar-refractivity contribution in [2.75, 3.05) is 18.2 Å². The van der Waals surface area contributed by atoms with Gasteiger partial charge in [-0.15, -0.1) is 0 Å². The van der Waals surface area contributed by atoms with Crippen molar-refractivity contribution < 1.29 is 9.53 Å². The first kappa shape index (κ1) is 17.3. The van der Waals surface area contributed by atoms with Gasteiger partial charge in [-0.3, -0.25) is 4.79 Å². The molecular formula is C17H26N2O2S. The molecule has 1 saturated carbocycles. The molecule has 22 heavy (non-hydrogen) atoms. The third kappa shape index (κ3) is 3.03. The van der Waals surface area contributed by atoms with Gasteiger partial charge in [-0.2, -0.15) is 11.8 Å². The number of amides is 1. The molecule has 0 bridgehead atoms. The van der Waals surface area contributed by atoms with E-state index in [1.54, 1.807) is 11.8 Å². The number of benzene rings is 1. The fourth-order valence-electron chi connectivity index (χ4n) is 2.91. The summed E-state index contributed by atoms with van der Waals surface area (Å²) >= 11 is 1.77. The minimum Gasteiger partial charge on any atom is -0.378 e. The summed E-state index contributed by atoms with van der Waals surface area (Å²) in [6.45, 7) is 6.60. The molecule has 2 rings (SSSR count). The number of nitrogens with two attached hydrogens (primary N) is 1. The summed E-state index contributed by atoms with van der Waals surface area (Å²) in [5.74, 6) is 0.837. The molecule has 3 N–H and O–H groups in total. The Labute approximate surface area is 137 Å². The fourth-order valence-corrected chi connectivity index (χ4v) is 3.44. The maximum Gasteiger partial charge on any atom is 0.245 e. The van der Waals surface area contributed by atoms with E-state index in [0.717, 1.165) is 11.4 Å². The molecule has 0 heterocycles. The number of hydrogen-bond acceptors (Lipinski definition) is 4. The summed E-state index contributed by atoms with van der Waals surface area (Å²) in [4.78, 5) is 12.6. The Morgan fingerprint density at radius 2 is 2.05 bits per heavy atom. The van der Waals surface area contributed by atoms with Crippen LogP contribution in [0.1, 0.15) is 32.8 Å². The van der Waals surface area contributed by atoms with Gasteiger partial charge in [0, 0.05) is 29.9 Å². The van der Waals surface area contributed by atoms with Gasteiger partial charge >= 0.3 is 0 Å². The van der Waals surface area contributed by atoms with Crippen LogP contribution in [0.25, 0.3) is 0 Å². The Balaban J connectivity index is 2.03. The van der Waals surface area contributed by atoms with Crippen molar-refractivity contribution in [3.05, 3.63) is 29.8 Å². The van der Waals surface area contributed by atoms with Gasteiger partial charge in [0.15, 0.2) is 0 Å². The number of nitrogens with one attached hydrogen (secondary N) is 1. The van der Waals surface area contributed by atoms with Crippen molar-refractivity contribution in [3.8, 4) is 0 Å². The van der Waals surface area contributed by atoms with E-state index in [1.165, 1.54) is 5.56 Å². The van der Waals surface area contributed by atoms with Gasteiger partial charge in [-0.25, -0.2) is 0 Å². The molecule has 2 unspecified atom stereocenters. The molecule has 5 heteroatoms. The zero-order valence-electron chi connectivity index (χ0n) is 13.8. The first-order valence-corrected chi connectivity index (χ1v) is 9.04. The molecule has 0 saturated heterocycles. The molecule has 1 aromatic rings. The molecule has 0 aromatic heterocycles. The second-order valence-electron chi connectivity index (χ2n) is 6.43. The highest BCUT2D eigenvalue weighted by molar-refractivity contribution is 7.97. The van der Waals surface area contributed by atoms with Crippen LogP contribution in [-0.2, 0) is 15.3 Å². The fraction of sp³-hybridized carbons (Fsp3) is 0.588. The van der Waals surface area contributed by atoms with Gasteiger partial charge in [0.1, 0.15) is 5.54 Å². The molecule has 4 nitrogen and oxygen atoms in total. The van der Waals surface area contributed by atoms with Crippen molar-refractivity contribution in [2.45, 2.75) is 44.6 Å². The van der Waals surface area contributed by atoms with Gasteiger partial charge in [0.2, 0.25) is 5.91 Å². The molecule has 1 fully saturated rings. The minimum atomic E-state index is -0.884. The smallest absolute Gasteiger partial charge is 0.245 e. The van der Waals surface area contributed by atoms with Gasteiger partial charge in [0.25, 0.3) is 0 Å². The van der Waals surface area contributed by atoms with E-state index in [0.29, 0.717) is 13.0 Å². The second kappa shape index (κ2) is 6.60. The Bertz CT molecular complexity index is 530. The molecule has 0 spiro atoms. The summed E-state index contributed by atoms with van der Waals surface area (Å²) in [5.41, 5.74) is 7.15. The third-order valence-electron chi connectivity index (χ3n) is 4.76. The van der Waals surface area contributed by atoms with Gasteiger partial charge in [-0.05, 0) is 30.9 Å². The molecule has 1 aliphatic carbocycles. The van der Waals surface area contributed by atoms with Gasteiger partial charge < -0.3 is 15.8 Å². The van der Waals surface area contributed by atoms with E-state index in [1.807, 2.05) is 45.0 Å². The molecular weight excluding hydrogens is 296 g/mol. The average Bonchev–Trinajstić information content (AvgIpc) is 2.49. The summed E-state index contributed by atoms with van der Waals surface area (Å²) in [6.07, 6.45) is 2.67. The number of anilines is 1. The average molecular weight is 322 g/mol. The molecule has 1 amide bonds. The highest BCUT2D eigenvalue weighted by Crippen LogP contribution is 2.50. The van der Waals surface area contributed by atoms with E-state index < -0.39 is 5.54 Å². The second-order valence-corrected chi connectivity index (χ2v) is 7.29. The lowest BCUT2D eigenvalue weighted by molar-refractivity contribution is -0.166. The van der Waals surface area contributed by atoms with E-state index in [-0.39, 0.29) is 17.4 Å². The van der Waals surface area contributed by atoms with Crippen LogP contribution < -0.4 is 11.1 Å². The number of rotatable bonds is 6. The Morgan fingerprint density at radius 3 is 2.55 bits per heavy atom. The summed E-state index contributed by atoms with van der Waals surface area (Å²) in [7, 11) is 0. The van der Waals surface area contributed by atoms with Crippen LogP contribution in [0, 0.1) is 5.41 Å². The molecule has 0 aliphatic heterocycles. The van der Waals surface area contributed by atoms with Crippen LogP contribution in [0.4, 0.5) is 5.69 Å². The maximum absolute atomic E-state index is 12.6. The summed E-state index contributed by atoms with van der Waals surface area (Å²) < 4.78 is 5.67. The topological polar surface area (TPSA) is 64.3 Å². The van der Waals surface area contributed by atoms with E-state index in [2.05, 4.69) is 11.6 Å². The summed E-state index contributed by atoms with van der Waals surface area (Å²) in [6, 6.07) is 7.92. The van der Waals surface area contributed by atoms with Crippen LogP contribution in [0.3, 0.4) is 0 Å². The highest BCUT2D eigenvalue weighted by Gasteiger charge is 2.62. The number of thioether (sulfide) groups is 1. The predicted octanol–water partition coefficient (Wildman–Crippen LogP) is 3.02. The largest absolute Gasteiger partial charge is 0.378 e. The van der Waals surface area contributed by atoms with Gasteiger partial charge in [-0.1, -0.05) is 26.0 Å². The van der Waals surface area contributed by atoms with Crippen LogP contribution >= 0.6 is 11.8 Å². The zero-order chi connectivity index (χ0) is 16.4. The van der Waals surface area contributed by atoms with E-state index in [9.17, 15) is 4.79 Å². The lowest BCUT2D eigenvalue weighted by Crippen LogP contribution is -2.74. The van der Waals surface area contributed by atoms with Crippen molar-refractivity contribution in [1.82, 2.24) is 0 Å². The highest BCUT2D eigenvalue weighted by atomic mass is 32.2. The Hall–Kier alpha value is -1.04. The lowest BCUT2D eigenvalue weighted by Gasteiger charge is -2.57. The van der Waals surface area contributed by atoms with E-state index in [4.69, 9.17) is 10.5 Å². The summed E-state index contributed by atoms with van der Waals surface area (Å²) in [5, 5.41) is 2.95. The van der Waals surface area contributed by atoms with Crippen LogP contribution in [0.2, 0.25) is 0 Å². The molecule has 122 valence electrons. The molecule has 1 aromatic carbocycles. The van der Waals surface area contributed by atoms with Crippen molar-refractivity contribution in [2.24, 2.45) is 11.1 Å². The number of carbonyl (C=O) groups is 1. The SMILES string of the molecule is CCOC1CC(N)(C(=O)Nc2ccc(CSC)cc2)C1(C)C. The molecule has 1 aliphatic rings. The zero-order valence-corrected chi connectivity index (χ0v) is 14.6. The Kier molecular flexibility index (Phi) is 5.20. The quantitative estimate of drug-likeness (QED) is 0.845. The third-order valence-corrected chi connectivity index (χ3v) is 5.38. The number of hydrogen-bond donors (Lipinski definition) is 2. The monoisotopic (exact) mass is 322 g/mol. The van der Waals surface area contributed by atoms with Crippen LogP contribution in [0.15, 0.2) is 24.3 Å². The minimum absolute atomic E-state index is 0.0391. The molecule has 2 atom stereocenters. The first-order valence-electron chi connectivity index (χ1n) is 7.65.